The van der Waals surface area contributed by atoms with E-state index in [0.29, 0.717) is 26.6 Å². The molecule has 1 amide bonds. The van der Waals surface area contributed by atoms with Gasteiger partial charge in [-0.2, -0.15) is 0 Å². The summed E-state index contributed by atoms with van der Waals surface area (Å²) in [6, 6.07) is 22.1. The fraction of sp³-hybridized carbons (Fsp3) is 0.0870. The largest absolute Gasteiger partial charge is 0.324 e. The number of benzene rings is 3. The van der Waals surface area contributed by atoms with Crippen LogP contribution >= 0.6 is 35.0 Å². The molecular formula is C23H18Cl2N4O3S2. The topological polar surface area (TPSA) is 94.0 Å². The van der Waals surface area contributed by atoms with Crippen LogP contribution in [0.2, 0.25) is 10.0 Å². The average molecular weight is 533 g/mol. The van der Waals surface area contributed by atoms with Gasteiger partial charge in [-0.05, 0) is 42.5 Å². The molecule has 0 aliphatic heterocycles. The molecule has 4 aromatic rings. The van der Waals surface area contributed by atoms with Crippen molar-refractivity contribution in [2.24, 2.45) is 0 Å². The highest BCUT2D eigenvalue weighted by atomic mass is 35.5. The van der Waals surface area contributed by atoms with Gasteiger partial charge in [-0.15, -0.1) is 10.2 Å². The van der Waals surface area contributed by atoms with Crippen molar-refractivity contribution < 1.29 is 13.2 Å². The van der Waals surface area contributed by atoms with Gasteiger partial charge in [0.15, 0.2) is 20.8 Å². The maximum Gasteiger partial charge on any atom is 0.234 e. The summed E-state index contributed by atoms with van der Waals surface area (Å²) in [6.07, 6.45) is 0. The van der Waals surface area contributed by atoms with Gasteiger partial charge in [-0.25, -0.2) is 8.42 Å². The Kier molecular flexibility index (Phi) is 7.57. The predicted molar refractivity (Wildman–Crippen MR) is 135 cm³/mol. The number of carbonyl (C=O) groups is 1. The minimum absolute atomic E-state index is 0.00928. The van der Waals surface area contributed by atoms with E-state index in [1.165, 1.54) is 6.07 Å². The number of thioether (sulfide) groups is 1. The molecule has 11 heteroatoms. The van der Waals surface area contributed by atoms with Gasteiger partial charge in [0.05, 0.1) is 21.4 Å². The molecule has 4 rings (SSSR count). The number of nitrogens with one attached hydrogen (secondary N) is 1. The standard InChI is InChI=1S/C23H18Cl2N4O3S2/c24-16-11-12-20(19(25)13-16)26-22(30)14-33-23-28-27-21(29(23)17-7-3-1-4-8-17)15-34(31,32)18-9-5-2-6-10-18/h1-13H,14-15H2,(H,26,30). The first-order chi connectivity index (χ1) is 16.3. The van der Waals surface area contributed by atoms with E-state index in [0.717, 1.165) is 11.8 Å². The zero-order valence-corrected chi connectivity index (χ0v) is 20.7. The number of rotatable bonds is 8. The van der Waals surface area contributed by atoms with Crippen LogP contribution in [-0.4, -0.2) is 34.8 Å². The lowest BCUT2D eigenvalue weighted by molar-refractivity contribution is -0.113. The number of hydrogen-bond donors (Lipinski definition) is 1. The van der Waals surface area contributed by atoms with E-state index >= 15 is 0 Å². The summed E-state index contributed by atoms with van der Waals surface area (Å²) in [5.41, 5.74) is 1.13. The Labute approximate surface area is 211 Å². The van der Waals surface area contributed by atoms with Crippen molar-refractivity contribution >= 4 is 56.4 Å². The molecule has 0 unspecified atom stereocenters. The Hall–Kier alpha value is -2.85. The normalized spacial score (nSPS) is 11.4. The Bertz CT molecular complexity index is 1410. The minimum Gasteiger partial charge on any atom is -0.324 e. The van der Waals surface area contributed by atoms with Crippen molar-refractivity contribution in [3.05, 3.63) is 94.7 Å². The van der Waals surface area contributed by atoms with Crippen LogP contribution in [0, 0.1) is 0 Å². The lowest BCUT2D eigenvalue weighted by atomic mass is 10.3. The summed E-state index contributed by atoms with van der Waals surface area (Å²) < 4.78 is 27.5. The second-order valence-electron chi connectivity index (χ2n) is 7.10. The number of hydrogen-bond acceptors (Lipinski definition) is 6. The number of amides is 1. The molecule has 0 spiro atoms. The fourth-order valence-corrected chi connectivity index (χ4v) is 5.60. The lowest BCUT2D eigenvalue weighted by Crippen LogP contribution is -2.15. The third kappa shape index (κ3) is 5.79. The lowest BCUT2D eigenvalue weighted by Gasteiger charge is -2.11. The molecule has 0 fully saturated rings. The molecule has 0 radical (unpaired) electrons. The Morgan fingerprint density at radius 2 is 1.62 bits per heavy atom. The molecule has 1 aromatic heterocycles. The van der Waals surface area contributed by atoms with Crippen LogP contribution in [-0.2, 0) is 20.4 Å². The van der Waals surface area contributed by atoms with Crippen molar-refractivity contribution in [3.8, 4) is 5.69 Å². The first-order valence-corrected chi connectivity index (χ1v) is 13.4. The Morgan fingerprint density at radius 1 is 0.941 bits per heavy atom. The number of para-hydroxylation sites is 1. The smallest absolute Gasteiger partial charge is 0.234 e. The highest BCUT2D eigenvalue weighted by Crippen LogP contribution is 2.27. The van der Waals surface area contributed by atoms with Gasteiger partial charge in [-0.1, -0.05) is 71.4 Å². The number of sulfone groups is 1. The van der Waals surface area contributed by atoms with Crippen molar-refractivity contribution in [1.82, 2.24) is 14.8 Å². The Balaban J connectivity index is 1.57. The maximum atomic E-state index is 12.9. The molecule has 1 N–H and O–H groups in total. The summed E-state index contributed by atoms with van der Waals surface area (Å²) in [4.78, 5) is 12.7. The highest BCUT2D eigenvalue weighted by molar-refractivity contribution is 7.99. The Morgan fingerprint density at radius 3 is 2.29 bits per heavy atom. The van der Waals surface area contributed by atoms with Crippen LogP contribution in [0.25, 0.3) is 5.69 Å². The number of anilines is 1. The van der Waals surface area contributed by atoms with E-state index in [1.54, 1.807) is 47.0 Å². The highest BCUT2D eigenvalue weighted by Gasteiger charge is 2.23. The molecule has 174 valence electrons. The molecular weight excluding hydrogens is 515 g/mol. The average Bonchev–Trinajstić information content (AvgIpc) is 3.22. The van der Waals surface area contributed by atoms with E-state index < -0.39 is 9.84 Å². The van der Waals surface area contributed by atoms with Crippen LogP contribution in [0.3, 0.4) is 0 Å². The summed E-state index contributed by atoms with van der Waals surface area (Å²) in [5.74, 6) is -0.393. The van der Waals surface area contributed by atoms with Crippen LogP contribution in [0.4, 0.5) is 5.69 Å². The zero-order chi connectivity index (χ0) is 24.1. The molecule has 3 aromatic carbocycles. The number of halogens is 2. The molecule has 34 heavy (non-hydrogen) atoms. The predicted octanol–water partition coefficient (Wildman–Crippen LogP) is 5.28. The quantitative estimate of drug-likeness (QED) is 0.310. The van der Waals surface area contributed by atoms with Crippen LogP contribution in [0.1, 0.15) is 5.82 Å². The molecule has 0 aliphatic carbocycles. The van der Waals surface area contributed by atoms with Crippen LogP contribution < -0.4 is 5.32 Å². The van der Waals surface area contributed by atoms with Crippen molar-refractivity contribution in [1.29, 1.82) is 0 Å². The van der Waals surface area contributed by atoms with Crippen LogP contribution in [0.15, 0.2) is 88.9 Å². The monoisotopic (exact) mass is 532 g/mol. The molecule has 0 saturated heterocycles. The second kappa shape index (κ2) is 10.6. The van der Waals surface area contributed by atoms with Gasteiger partial charge in [-0.3, -0.25) is 9.36 Å². The van der Waals surface area contributed by atoms with Crippen molar-refractivity contribution in [2.75, 3.05) is 11.1 Å². The van der Waals surface area contributed by atoms with Gasteiger partial charge in [0, 0.05) is 10.7 Å². The number of carbonyl (C=O) groups excluding carboxylic acids is 1. The van der Waals surface area contributed by atoms with E-state index in [1.807, 2.05) is 30.3 Å². The minimum atomic E-state index is -3.65. The molecule has 0 saturated carbocycles. The van der Waals surface area contributed by atoms with Crippen LogP contribution in [0.5, 0.6) is 0 Å². The molecule has 0 bridgehead atoms. The van der Waals surface area contributed by atoms with E-state index in [4.69, 9.17) is 23.2 Å². The van der Waals surface area contributed by atoms with E-state index in [-0.39, 0.29) is 28.1 Å². The first-order valence-electron chi connectivity index (χ1n) is 9.99. The SMILES string of the molecule is O=C(CSc1nnc(CS(=O)(=O)c2ccccc2)n1-c1ccccc1)Nc1ccc(Cl)cc1Cl. The second-order valence-corrected chi connectivity index (χ2v) is 10.9. The first kappa shape index (κ1) is 24.3. The maximum absolute atomic E-state index is 12.9. The van der Waals surface area contributed by atoms with Crippen molar-refractivity contribution in [2.45, 2.75) is 15.8 Å². The van der Waals surface area contributed by atoms with Gasteiger partial charge in [0.1, 0.15) is 5.75 Å². The van der Waals surface area contributed by atoms with Gasteiger partial charge >= 0.3 is 0 Å². The third-order valence-corrected chi connectivity index (χ3v) is 7.78. The van der Waals surface area contributed by atoms with Gasteiger partial charge in [0.25, 0.3) is 0 Å². The van der Waals surface area contributed by atoms with E-state index in [2.05, 4.69) is 15.5 Å². The third-order valence-electron chi connectivity index (χ3n) is 4.67. The number of nitrogens with zero attached hydrogens (tertiary/aromatic N) is 3. The molecule has 7 nitrogen and oxygen atoms in total. The summed E-state index contributed by atoms with van der Waals surface area (Å²) >= 11 is 13.2. The van der Waals surface area contributed by atoms with Crippen molar-refractivity contribution in [3.63, 3.8) is 0 Å². The van der Waals surface area contributed by atoms with E-state index in [9.17, 15) is 13.2 Å². The van der Waals surface area contributed by atoms with Gasteiger partial charge < -0.3 is 5.32 Å². The molecule has 0 atom stereocenters. The summed E-state index contributed by atoms with van der Waals surface area (Å²) in [7, 11) is -3.65. The zero-order valence-electron chi connectivity index (χ0n) is 17.6. The number of aromatic nitrogens is 3. The molecule has 0 aliphatic rings. The summed E-state index contributed by atoms with van der Waals surface area (Å²) in [5, 5.41) is 12.2. The summed E-state index contributed by atoms with van der Waals surface area (Å²) in [6.45, 7) is 0. The fourth-order valence-electron chi connectivity index (χ4n) is 3.11. The van der Waals surface area contributed by atoms with Gasteiger partial charge in [0.2, 0.25) is 5.91 Å². The molecule has 1 heterocycles.